The third kappa shape index (κ3) is 3.23. The smallest absolute Gasteiger partial charge is 0.316 e. The van der Waals surface area contributed by atoms with Crippen LogP contribution in [0.4, 0.5) is 0 Å². The first-order valence-corrected chi connectivity index (χ1v) is 11.3. The summed E-state index contributed by atoms with van der Waals surface area (Å²) in [6.07, 6.45) is 1.62. The van der Waals surface area contributed by atoms with Crippen LogP contribution >= 0.6 is 11.8 Å². The predicted molar refractivity (Wildman–Crippen MR) is 117 cm³/mol. The summed E-state index contributed by atoms with van der Waals surface area (Å²) in [5.74, 6) is 0.275. The van der Waals surface area contributed by atoms with Crippen molar-refractivity contribution < 1.29 is 9.53 Å². The van der Waals surface area contributed by atoms with Gasteiger partial charge < -0.3 is 4.74 Å². The Morgan fingerprint density at radius 2 is 2.03 bits per heavy atom. The molecule has 0 aliphatic heterocycles. The molecule has 7 nitrogen and oxygen atoms in total. The van der Waals surface area contributed by atoms with Crippen LogP contribution in [0.5, 0.6) is 0 Å². The van der Waals surface area contributed by atoms with E-state index < -0.39 is 0 Å². The van der Waals surface area contributed by atoms with Crippen LogP contribution in [0.1, 0.15) is 45.2 Å². The molecule has 0 bridgehead atoms. The summed E-state index contributed by atoms with van der Waals surface area (Å²) in [7, 11) is 0. The van der Waals surface area contributed by atoms with Crippen LogP contribution in [0.3, 0.4) is 0 Å². The first-order valence-electron chi connectivity index (χ1n) is 10.3. The molecule has 30 heavy (non-hydrogen) atoms. The maximum atomic E-state index is 13.8. The minimum absolute atomic E-state index is 0.0973. The lowest BCUT2D eigenvalue weighted by Gasteiger charge is -2.35. The van der Waals surface area contributed by atoms with Gasteiger partial charge in [0.1, 0.15) is 0 Å². The van der Waals surface area contributed by atoms with E-state index >= 15 is 0 Å². The Labute approximate surface area is 179 Å². The first kappa shape index (κ1) is 20.7. The molecule has 2 heterocycles. The number of rotatable bonds is 6. The van der Waals surface area contributed by atoms with Crippen molar-refractivity contribution in [2.45, 2.75) is 57.7 Å². The van der Waals surface area contributed by atoms with E-state index in [2.05, 4.69) is 25.0 Å². The van der Waals surface area contributed by atoms with E-state index in [4.69, 9.17) is 9.72 Å². The molecule has 0 radical (unpaired) electrons. The van der Waals surface area contributed by atoms with Gasteiger partial charge in [-0.1, -0.05) is 49.9 Å². The molecule has 2 aromatic heterocycles. The van der Waals surface area contributed by atoms with Crippen LogP contribution in [0.2, 0.25) is 0 Å². The van der Waals surface area contributed by atoms with Crippen LogP contribution in [-0.2, 0) is 27.9 Å². The highest BCUT2D eigenvalue weighted by Gasteiger charge is 2.38. The van der Waals surface area contributed by atoms with Crippen LogP contribution in [0, 0.1) is 0 Å². The van der Waals surface area contributed by atoms with Crippen LogP contribution in [0.25, 0.3) is 17.0 Å². The Hall–Kier alpha value is -2.61. The van der Waals surface area contributed by atoms with E-state index in [0.29, 0.717) is 24.1 Å². The molecule has 0 amide bonds. The van der Waals surface area contributed by atoms with E-state index in [1.165, 1.54) is 17.3 Å². The topological polar surface area (TPSA) is 78.5 Å². The van der Waals surface area contributed by atoms with Gasteiger partial charge in [-0.25, -0.2) is 14.1 Å². The van der Waals surface area contributed by atoms with Gasteiger partial charge in [-0.3, -0.25) is 9.59 Å². The van der Waals surface area contributed by atoms with E-state index in [0.717, 1.165) is 29.7 Å². The van der Waals surface area contributed by atoms with Crippen molar-refractivity contribution in [3.8, 4) is 11.3 Å². The van der Waals surface area contributed by atoms with Crippen molar-refractivity contribution in [2.24, 2.45) is 0 Å². The summed E-state index contributed by atoms with van der Waals surface area (Å²) in [5, 5.41) is 5.04. The predicted octanol–water partition coefficient (Wildman–Crippen LogP) is 3.46. The van der Waals surface area contributed by atoms with Gasteiger partial charge in [0.25, 0.3) is 5.56 Å². The zero-order valence-electron chi connectivity index (χ0n) is 17.8. The number of fused-ring (bicyclic) bond motifs is 4. The lowest BCUT2D eigenvalue weighted by molar-refractivity contribution is -0.139. The molecule has 1 aliphatic carbocycles. The molecule has 0 fully saturated rings. The van der Waals surface area contributed by atoms with Crippen molar-refractivity contribution in [3.63, 3.8) is 0 Å². The highest BCUT2D eigenvalue weighted by molar-refractivity contribution is 7.99. The molecular formula is C22H26N4O3S. The van der Waals surface area contributed by atoms with Gasteiger partial charge in [-0.15, -0.1) is 5.10 Å². The summed E-state index contributed by atoms with van der Waals surface area (Å²) in [6.45, 7) is 8.87. The zero-order valence-corrected chi connectivity index (χ0v) is 18.6. The number of carbonyl (C=O) groups is 1. The number of ether oxygens (including phenoxy) is 1. The molecule has 3 aromatic rings. The second kappa shape index (κ2) is 7.91. The molecular weight excluding hydrogens is 400 g/mol. The average molecular weight is 427 g/mol. The summed E-state index contributed by atoms with van der Waals surface area (Å²) in [5.41, 5.74) is 3.30. The maximum absolute atomic E-state index is 13.8. The number of thioether (sulfide) groups is 1. The minimum atomic E-state index is -0.326. The van der Waals surface area contributed by atoms with Crippen molar-refractivity contribution in [1.29, 1.82) is 0 Å². The zero-order chi connectivity index (χ0) is 21.5. The van der Waals surface area contributed by atoms with Gasteiger partial charge in [0, 0.05) is 17.5 Å². The number of aryl methyl sites for hydroxylation is 1. The Kier molecular flexibility index (Phi) is 5.44. The van der Waals surface area contributed by atoms with E-state index in [9.17, 15) is 9.59 Å². The van der Waals surface area contributed by atoms with Crippen LogP contribution in [0.15, 0.2) is 34.2 Å². The van der Waals surface area contributed by atoms with Crippen molar-refractivity contribution in [2.75, 3.05) is 12.4 Å². The number of benzene rings is 1. The van der Waals surface area contributed by atoms with Gasteiger partial charge in [0.05, 0.1) is 23.6 Å². The van der Waals surface area contributed by atoms with Gasteiger partial charge >= 0.3 is 5.97 Å². The van der Waals surface area contributed by atoms with Gasteiger partial charge in [0.15, 0.2) is 5.16 Å². The molecule has 0 unspecified atom stereocenters. The van der Waals surface area contributed by atoms with Crippen molar-refractivity contribution >= 4 is 23.5 Å². The molecule has 8 heteroatoms. The van der Waals surface area contributed by atoms with Gasteiger partial charge in [-0.2, -0.15) is 0 Å². The molecule has 0 spiro atoms. The molecule has 0 N–H and O–H groups in total. The largest absolute Gasteiger partial charge is 0.465 e. The quantitative estimate of drug-likeness (QED) is 0.444. The molecule has 1 aliphatic rings. The van der Waals surface area contributed by atoms with E-state index in [-0.39, 0.29) is 22.7 Å². The Morgan fingerprint density at radius 3 is 2.73 bits per heavy atom. The van der Waals surface area contributed by atoms with Crippen LogP contribution in [-0.4, -0.2) is 37.5 Å². The molecule has 1 atom stereocenters. The number of esters is 1. The summed E-state index contributed by atoms with van der Waals surface area (Å²) >= 11 is 1.21. The normalized spacial score (nSPS) is 17.6. The van der Waals surface area contributed by atoms with Gasteiger partial charge in [0.2, 0.25) is 5.78 Å². The van der Waals surface area contributed by atoms with Gasteiger partial charge in [-0.05, 0) is 32.3 Å². The number of hydrogen-bond donors (Lipinski definition) is 0. The molecule has 0 saturated carbocycles. The fourth-order valence-electron chi connectivity index (χ4n) is 4.13. The second-order valence-corrected chi connectivity index (χ2v) is 8.66. The summed E-state index contributed by atoms with van der Waals surface area (Å²) < 4.78 is 8.30. The number of hydrogen-bond acceptors (Lipinski definition) is 6. The standard InChI is InChI=1S/C22H26N4O3S/c1-5-22(4)12-14-10-8-9-11-15(14)18-17(22)19(28)26-20(23-18)25(6-2)24-21(26)30-13-16(27)29-7-3/h8-11H,5-7,12-13H2,1-4H3/t22-/m0/s1. The summed E-state index contributed by atoms with van der Waals surface area (Å²) in [4.78, 5) is 30.6. The minimum Gasteiger partial charge on any atom is -0.465 e. The van der Waals surface area contributed by atoms with E-state index in [1.54, 1.807) is 16.0 Å². The van der Waals surface area contributed by atoms with E-state index in [1.807, 2.05) is 25.1 Å². The first-order chi connectivity index (χ1) is 14.4. The van der Waals surface area contributed by atoms with Crippen LogP contribution < -0.4 is 5.56 Å². The summed E-state index contributed by atoms with van der Waals surface area (Å²) in [6, 6.07) is 8.17. The number of carbonyl (C=O) groups excluding carboxylic acids is 1. The maximum Gasteiger partial charge on any atom is 0.316 e. The highest BCUT2D eigenvalue weighted by atomic mass is 32.2. The average Bonchev–Trinajstić information content (AvgIpc) is 3.10. The van der Waals surface area contributed by atoms with Crippen molar-refractivity contribution in [1.82, 2.24) is 19.2 Å². The lowest BCUT2D eigenvalue weighted by atomic mass is 9.69. The van der Waals surface area contributed by atoms with Crippen molar-refractivity contribution in [3.05, 3.63) is 45.7 Å². The highest BCUT2D eigenvalue weighted by Crippen LogP contribution is 2.42. The molecule has 0 saturated heterocycles. The lowest BCUT2D eigenvalue weighted by Crippen LogP contribution is -2.38. The number of nitrogens with zero attached hydrogens (tertiary/aromatic N) is 4. The number of aromatic nitrogens is 4. The monoisotopic (exact) mass is 426 g/mol. The second-order valence-electron chi connectivity index (χ2n) is 7.72. The Bertz CT molecular complexity index is 1180. The third-order valence-electron chi connectivity index (χ3n) is 5.85. The third-order valence-corrected chi connectivity index (χ3v) is 6.76. The fraction of sp³-hybridized carbons (Fsp3) is 0.455. The molecule has 4 rings (SSSR count). The Balaban J connectivity index is 1.96. The molecule has 1 aromatic carbocycles. The Morgan fingerprint density at radius 1 is 1.27 bits per heavy atom. The SMILES string of the molecule is CCOC(=O)CSc1nn(CC)c2nc3c(c(=O)n12)[C@@](C)(CC)Cc1ccccc1-3. The molecule has 158 valence electrons. The fourth-order valence-corrected chi connectivity index (χ4v) is 4.91.